The molecule has 7 heteroatoms. The van der Waals surface area contributed by atoms with Gasteiger partial charge in [-0.3, -0.25) is 4.57 Å². The summed E-state index contributed by atoms with van der Waals surface area (Å²) >= 11 is 0. The molecule has 174 valence electrons. The molecule has 0 saturated carbocycles. The fourth-order valence-corrected chi connectivity index (χ4v) is 4.41. The van der Waals surface area contributed by atoms with Crippen molar-refractivity contribution in [2.45, 2.75) is 25.8 Å². The van der Waals surface area contributed by atoms with Crippen molar-refractivity contribution < 1.29 is 0 Å². The van der Waals surface area contributed by atoms with Gasteiger partial charge in [0.05, 0.1) is 30.4 Å². The minimum absolute atomic E-state index is 0.0578. The number of hydrazone groups is 1. The maximum Gasteiger partial charge on any atom is 0.347 e. The second-order valence-corrected chi connectivity index (χ2v) is 8.69. The second kappa shape index (κ2) is 9.43. The molecule has 35 heavy (non-hydrogen) atoms. The molecule has 0 spiro atoms. The standard InChI is InChI=1S/C28H26N6O/c1-3-20-13-15-24(16-14-20)26-25(23-7-5-4-6-8-23)19-33(30-26)27-31-34(28(35)32(27)2)18-22-11-9-21(17-29)10-12-22/h4-16,25H,3,18-19H2,1-2H3. The summed E-state index contributed by atoms with van der Waals surface area (Å²) in [6, 6.07) is 28.2. The van der Waals surface area contributed by atoms with Gasteiger partial charge >= 0.3 is 5.69 Å². The number of hydrogen-bond donors (Lipinski definition) is 0. The average Bonchev–Trinajstić information content (AvgIpc) is 3.47. The van der Waals surface area contributed by atoms with E-state index in [0.717, 1.165) is 23.3 Å². The van der Waals surface area contributed by atoms with Gasteiger partial charge in [0.25, 0.3) is 0 Å². The van der Waals surface area contributed by atoms with Crippen molar-refractivity contribution >= 4 is 11.7 Å². The van der Waals surface area contributed by atoms with Crippen molar-refractivity contribution in [3.63, 3.8) is 0 Å². The minimum Gasteiger partial charge on any atom is -0.263 e. The minimum atomic E-state index is -0.212. The van der Waals surface area contributed by atoms with Crippen molar-refractivity contribution in [3.05, 3.63) is 117 Å². The molecule has 1 aromatic heterocycles. The van der Waals surface area contributed by atoms with Crippen LogP contribution in [0.2, 0.25) is 0 Å². The second-order valence-electron chi connectivity index (χ2n) is 8.69. The summed E-state index contributed by atoms with van der Waals surface area (Å²) in [6.45, 7) is 3.06. The van der Waals surface area contributed by atoms with Crippen LogP contribution in [0.5, 0.6) is 0 Å². The molecule has 5 rings (SSSR count). The smallest absolute Gasteiger partial charge is 0.263 e. The molecular weight excluding hydrogens is 436 g/mol. The monoisotopic (exact) mass is 462 g/mol. The van der Waals surface area contributed by atoms with E-state index in [4.69, 9.17) is 10.4 Å². The molecule has 0 fully saturated rings. The lowest BCUT2D eigenvalue weighted by Gasteiger charge is -2.15. The van der Waals surface area contributed by atoms with Gasteiger partial charge in [0, 0.05) is 13.0 Å². The number of rotatable bonds is 6. The van der Waals surface area contributed by atoms with Crippen LogP contribution in [0.15, 0.2) is 88.8 Å². The van der Waals surface area contributed by atoms with Crippen LogP contribution in [-0.2, 0) is 20.0 Å². The van der Waals surface area contributed by atoms with Gasteiger partial charge in [0.15, 0.2) is 0 Å². The van der Waals surface area contributed by atoms with Crippen LogP contribution in [0.4, 0.5) is 5.95 Å². The van der Waals surface area contributed by atoms with Crippen molar-refractivity contribution in [3.8, 4) is 6.07 Å². The Morgan fingerprint density at radius 3 is 2.31 bits per heavy atom. The van der Waals surface area contributed by atoms with Gasteiger partial charge in [-0.15, -0.1) is 5.10 Å². The molecule has 0 aliphatic carbocycles. The van der Waals surface area contributed by atoms with E-state index in [9.17, 15) is 4.79 Å². The lowest BCUT2D eigenvalue weighted by Crippen LogP contribution is -2.25. The number of aromatic nitrogens is 3. The third-order valence-corrected chi connectivity index (χ3v) is 6.44. The van der Waals surface area contributed by atoms with Gasteiger partial charge in [-0.25, -0.2) is 14.5 Å². The summed E-state index contributed by atoms with van der Waals surface area (Å²) in [5, 5.41) is 20.4. The summed E-state index contributed by atoms with van der Waals surface area (Å²) in [7, 11) is 1.72. The molecule has 4 aromatic rings. The largest absolute Gasteiger partial charge is 0.347 e. The molecule has 1 atom stereocenters. The van der Waals surface area contributed by atoms with E-state index < -0.39 is 0 Å². The van der Waals surface area contributed by atoms with Crippen molar-refractivity contribution in [1.29, 1.82) is 5.26 Å². The molecule has 1 unspecified atom stereocenters. The first kappa shape index (κ1) is 22.4. The van der Waals surface area contributed by atoms with E-state index in [1.54, 1.807) is 23.7 Å². The number of nitrogens with zero attached hydrogens (tertiary/aromatic N) is 6. The van der Waals surface area contributed by atoms with Gasteiger partial charge in [-0.2, -0.15) is 10.4 Å². The number of hydrogen-bond acceptors (Lipinski definition) is 5. The topological polar surface area (TPSA) is 79.2 Å². The predicted molar refractivity (Wildman–Crippen MR) is 137 cm³/mol. The van der Waals surface area contributed by atoms with Crippen LogP contribution < -0.4 is 10.7 Å². The molecule has 0 N–H and O–H groups in total. The van der Waals surface area contributed by atoms with Crippen LogP contribution in [0, 0.1) is 11.3 Å². The lowest BCUT2D eigenvalue weighted by molar-refractivity contribution is 0.646. The Balaban J connectivity index is 1.50. The Bertz CT molecular complexity index is 1460. The van der Waals surface area contributed by atoms with E-state index in [2.05, 4.69) is 54.5 Å². The highest BCUT2D eigenvalue weighted by molar-refractivity contribution is 6.07. The van der Waals surface area contributed by atoms with Crippen LogP contribution in [-0.4, -0.2) is 26.6 Å². The fraction of sp³-hybridized carbons (Fsp3) is 0.214. The Morgan fingerprint density at radius 1 is 0.971 bits per heavy atom. The zero-order valence-electron chi connectivity index (χ0n) is 19.8. The molecule has 2 heterocycles. The molecule has 7 nitrogen and oxygen atoms in total. The Labute approximate surface area is 204 Å². The van der Waals surface area contributed by atoms with Gasteiger partial charge in [0.1, 0.15) is 0 Å². The van der Waals surface area contributed by atoms with Gasteiger partial charge in [-0.05, 0) is 40.8 Å². The highest BCUT2D eigenvalue weighted by Crippen LogP contribution is 2.31. The maximum atomic E-state index is 13.0. The summed E-state index contributed by atoms with van der Waals surface area (Å²) in [6.07, 6.45) is 0.986. The average molecular weight is 463 g/mol. The molecule has 0 saturated heterocycles. The van der Waals surface area contributed by atoms with Crippen molar-refractivity contribution in [1.82, 2.24) is 14.3 Å². The molecule has 1 aliphatic rings. The van der Waals surface area contributed by atoms with E-state index in [0.29, 0.717) is 24.6 Å². The van der Waals surface area contributed by atoms with Gasteiger partial charge < -0.3 is 0 Å². The Morgan fingerprint density at radius 2 is 1.66 bits per heavy atom. The number of nitriles is 1. The Kier molecular flexibility index (Phi) is 6.02. The quantitative estimate of drug-likeness (QED) is 0.433. The number of benzene rings is 3. The van der Waals surface area contributed by atoms with Crippen LogP contribution in [0.25, 0.3) is 0 Å². The highest BCUT2D eigenvalue weighted by atomic mass is 16.2. The summed E-state index contributed by atoms with van der Waals surface area (Å²) < 4.78 is 2.98. The highest BCUT2D eigenvalue weighted by Gasteiger charge is 2.32. The number of aryl methyl sites for hydroxylation is 1. The third kappa shape index (κ3) is 4.38. The zero-order valence-corrected chi connectivity index (χ0v) is 19.8. The van der Waals surface area contributed by atoms with Gasteiger partial charge in [-0.1, -0.05) is 73.7 Å². The zero-order chi connectivity index (χ0) is 24.4. The summed E-state index contributed by atoms with van der Waals surface area (Å²) in [5.74, 6) is 0.562. The normalized spacial score (nSPS) is 15.2. The van der Waals surface area contributed by atoms with E-state index >= 15 is 0 Å². The van der Waals surface area contributed by atoms with E-state index in [1.165, 1.54) is 15.8 Å². The molecular formula is C28H26N6O. The van der Waals surface area contributed by atoms with Gasteiger partial charge in [0.2, 0.25) is 5.95 Å². The van der Waals surface area contributed by atoms with Crippen molar-refractivity contribution in [2.24, 2.45) is 12.1 Å². The van der Waals surface area contributed by atoms with Crippen molar-refractivity contribution in [2.75, 3.05) is 11.6 Å². The maximum absolute atomic E-state index is 13.0. The first-order valence-corrected chi connectivity index (χ1v) is 11.7. The first-order chi connectivity index (χ1) is 17.1. The molecule has 0 amide bonds. The third-order valence-electron chi connectivity index (χ3n) is 6.44. The molecule has 0 bridgehead atoms. The molecule has 3 aromatic carbocycles. The van der Waals surface area contributed by atoms with Crippen LogP contribution in [0.3, 0.4) is 0 Å². The summed E-state index contributed by atoms with van der Waals surface area (Å²) in [5.41, 5.74) is 5.77. The lowest BCUT2D eigenvalue weighted by atomic mass is 9.90. The fourth-order valence-electron chi connectivity index (χ4n) is 4.41. The van der Waals surface area contributed by atoms with E-state index in [-0.39, 0.29) is 11.6 Å². The first-order valence-electron chi connectivity index (χ1n) is 11.7. The molecule has 0 radical (unpaired) electrons. The number of anilines is 1. The SMILES string of the molecule is CCc1ccc(C2=NN(c3nn(Cc4ccc(C#N)cc4)c(=O)n3C)CC2c2ccccc2)cc1. The summed E-state index contributed by atoms with van der Waals surface area (Å²) in [4.78, 5) is 13.0. The van der Waals surface area contributed by atoms with E-state index in [1.807, 2.05) is 35.3 Å². The Hall–Kier alpha value is -4.44. The van der Waals surface area contributed by atoms with Crippen LogP contribution in [0.1, 0.15) is 40.7 Å². The van der Waals surface area contributed by atoms with Crippen LogP contribution >= 0.6 is 0 Å². The molecule has 1 aliphatic heterocycles. The predicted octanol–water partition coefficient (Wildman–Crippen LogP) is 4.07.